The monoisotopic (exact) mass is 295 g/mol. The highest BCUT2D eigenvalue weighted by atomic mass is 32.1. The van der Waals surface area contributed by atoms with Gasteiger partial charge in [0.2, 0.25) is 0 Å². The van der Waals surface area contributed by atoms with Crippen molar-refractivity contribution >= 4 is 16.5 Å². The average molecular weight is 295 g/mol. The lowest BCUT2D eigenvalue weighted by Gasteiger charge is -2.25. The summed E-state index contributed by atoms with van der Waals surface area (Å²) in [5.74, 6) is 1.35. The zero-order valence-electron chi connectivity index (χ0n) is 13.6. The molecule has 0 spiro atoms. The molecule has 0 aromatic carbocycles. The SMILES string of the molecule is CNC1CCCc2nc(N(CC(C)C)CC(C)C)sc21. The Balaban J connectivity index is 2.23. The Morgan fingerprint density at radius 1 is 1.25 bits per heavy atom. The number of thiazole rings is 1. The predicted molar refractivity (Wildman–Crippen MR) is 88.7 cm³/mol. The van der Waals surface area contributed by atoms with Gasteiger partial charge in [-0.1, -0.05) is 39.0 Å². The first-order valence-corrected chi connectivity index (χ1v) is 8.74. The summed E-state index contributed by atoms with van der Waals surface area (Å²) >= 11 is 1.91. The van der Waals surface area contributed by atoms with Crippen molar-refractivity contribution in [1.29, 1.82) is 0 Å². The molecule has 0 aliphatic heterocycles. The summed E-state index contributed by atoms with van der Waals surface area (Å²) in [6.45, 7) is 11.4. The maximum absolute atomic E-state index is 4.96. The van der Waals surface area contributed by atoms with Crippen molar-refractivity contribution in [3.63, 3.8) is 0 Å². The summed E-state index contributed by atoms with van der Waals surface area (Å²) in [6.07, 6.45) is 3.66. The summed E-state index contributed by atoms with van der Waals surface area (Å²) in [4.78, 5) is 8.93. The van der Waals surface area contributed by atoms with Crippen LogP contribution >= 0.6 is 11.3 Å². The molecule has 4 heteroatoms. The van der Waals surface area contributed by atoms with Crippen molar-refractivity contribution in [1.82, 2.24) is 10.3 Å². The topological polar surface area (TPSA) is 28.2 Å². The van der Waals surface area contributed by atoms with Gasteiger partial charge in [-0.15, -0.1) is 0 Å². The second kappa shape index (κ2) is 6.90. The summed E-state index contributed by atoms with van der Waals surface area (Å²) in [5.41, 5.74) is 1.34. The Kier molecular flexibility index (Phi) is 5.44. The molecule has 1 aliphatic rings. The van der Waals surface area contributed by atoms with E-state index in [1.54, 1.807) is 0 Å². The summed E-state index contributed by atoms with van der Waals surface area (Å²) in [5, 5.41) is 4.68. The average Bonchev–Trinajstić information content (AvgIpc) is 2.80. The smallest absolute Gasteiger partial charge is 0.185 e. The number of fused-ring (bicyclic) bond motifs is 1. The van der Waals surface area contributed by atoms with E-state index >= 15 is 0 Å². The fourth-order valence-corrected chi connectivity index (χ4v) is 4.20. The van der Waals surface area contributed by atoms with Crippen LogP contribution in [0.2, 0.25) is 0 Å². The molecule has 114 valence electrons. The minimum atomic E-state index is 0.518. The van der Waals surface area contributed by atoms with Crippen LogP contribution in [0.15, 0.2) is 0 Å². The molecule has 3 nitrogen and oxygen atoms in total. The molecule has 1 heterocycles. The van der Waals surface area contributed by atoms with Gasteiger partial charge in [0.15, 0.2) is 5.13 Å². The van der Waals surface area contributed by atoms with Crippen LogP contribution in [0.1, 0.15) is 57.1 Å². The van der Waals surface area contributed by atoms with Crippen LogP contribution in [0.5, 0.6) is 0 Å². The van der Waals surface area contributed by atoms with Crippen LogP contribution in [0.4, 0.5) is 5.13 Å². The van der Waals surface area contributed by atoms with E-state index in [1.807, 2.05) is 11.3 Å². The highest BCUT2D eigenvalue weighted by Gasteiger charge is 2.25. The molecule has 1 atom stereocenters. The molecule has 1 aromatic heterocycles. The van der Waals surface area contributed by atoms with Crippen molar-refractivity contribution in [3.05, 3.63) is 10.6 Å². The first kappa shape index (κ1) is 15.8. The number of nitrogens with zero attached hydrogens (tertiary/aromatic N) is 2. The van der Waals surface area contributed by atoms with E-state index in [4.69, 9.17) is 4.98 Å². The molecule has 0 amide bonds. The van der Waals surface area contributed by atoms with E-state index < -0.39 is 0 Å². The van der Waals surface area contributed by atoms with E-state index in [9.17, 15) is 0 Å². The van der Waals surface area contributed by atoms with E-state index in [0.29, 0.717) is 17.9 Å². The molecule has 2 rings (SSSR count). The van der Waals surface area contributed by atoms with E-state index in [-0.39, 0.29) is 0 Å². The quantitative estimate of drug-likeness (QED) is 0.864. The van der Waals surface area contributed by atoms with E-state index in [0.717, 1.165) is 19.5 Å². The Morgan fingerprint density at radius 2 is 1.90 bits per heavy atom. The van der Waals surface area contributed by atoms with Crippen LogP contribution in [0, 0.1) is 11.8 Å². The third-order valence-electron chi connectivity index (χ3n) is 3.73. The van der Waals surface area contributed by atoms with Gasteiger partial charge in [-0.2, -0.15) is 0 Å². The number of hydrogen-bond donors (Lipinski definition) is 1. The lowest BCUT2D eigenvalue weighted by atomic mass is 9.98. The Labute approximate surface area is 127 Å². The van der Waals surface area contributed by atoms with Crippen molar-refractivity contribution in [2.75, 3.05) is 25.0 Å². The van der Waals surface area contributed by atoms with Crippen LogP contribution < -0.4 is 10.2 Å². The predicted octanol–water partition coefficient (Wildman–Crippen LogP) is 3.86. The summed E-state index contributed by atoms with van der Waals surface area (Å²) < 4.78 is 0. The minimum absolute atomic E-state index is 0.518. The number of nitrogens with one attached hydrogen (secondary N) is 1. The zero-order valence-corrected chi connectivity index (χ0v) is 14.4. The van der Waals surface area contributed by atoms with Crippen molar-refractivity contribution in [2.24, 2.45) is 11.8 Å². The fraction of sp³-hybridized carbons (Fsp3) is 0.812. The zero-order chi connectivity index (χ0) is 14.7. The van der Waals surface area contributed by atoms with Crippen LogP contribution in [-0.4, -0.2) is 25.1 Å². The molecule has 0 fully saturated rings. The third kappa shape index (κ3) is 3.73. The molecule has 1 unspecified atom stereocenters. The van der Waals surface area contributed by atoms with Gasteiger partial charge in [0.1, 0.15) is 0 Å². The van der Waals surface area contributed by atoms with Gasteiger partial charge in [-0.3, -0.25) is 0 Å². The number of rotatable bonds is 6. The first-order valence-electron chi connectivity index (χ1n) is 7.93. The van der Waals surface area contributed by atoms with Gasteiger partial charge in [0.25, 0.3) is 0 Å². The molecule has 0 bridgehead atoms. The van der Waals surface area contributed by atoms with Gasteiger partial charge >= 0.3 is 0 Å². The number of aryl methyl sites for hydroxylation is 1. The highest BCUT2D eigenvalue weighted by Crippen LogP contribution is 2.37. The van der Waals surface area contributed by atoms with Gasteiger partial charge in [-0.05, 0) is 38.1 Å². The first-order chi connectivity index (χ1) is 9.51. The fourth-order valence-electron chi connectivity index (χ4n) is 2.93. The van der Waals surface area contributed by atoms with Crippen molar-refractivity contribution in [2.45, 2.75) is 53.0 Å². The molecular weight excluding hydrogens is 266 g/mol. The summed E-state index contributed by atoms with van der Waals surface area (Å²) in [6, 6.07) is 0.518. The lowest BCUT2D eigenvalue weighted by Crippen LogP contribution is -2.31. The second-order valence-electron chi connectivity index (χ2n) is 6.73. The molecule has 0 saturated heterocycles. The third-order valence-corrected chi connectivity index (χ3v) is 5.00. The molecular formula is C16H29N3S. The Bertz CT molecular complexity index is 415. The lowest BCUT2D eigenvalue weighted by molar-refractivity contribution is 0.500. The van der Waals surface area contributed by atoms with Gasteiger partial charge in [0.05, 0.1) is 5.69 Å². The van der Waals surface area contributed by atoms with Crippen molar-refractivity contribution < 1.29 is 0 Å². The Hall–Kier alpha value is -0.610. The van der Waals surface area contributed by atoms with Crippen LogP contribution in [0.3, 0.4) is 0 Å². The molecule has 0 saturated carbocycles. The van der Waals surface area contributed by atoms with Gasteiger partial charge in [0, 0.05) is 24.0 Å². The standard InChI is InChI=1S/C16H29N3S/c1-11(2)9-19(10-12(3)4)16-18-14-8-6-7-13(17-5)15(14)20-16/h11-13,17H,6-10H2,1-5H3. The maximum Gasteiger partial charge on any atom is 0.185 e. The highest BCUT2D eigenvalue weighted by molar-refractivity contribution is 7.15. The minimum Gasteiger partial charge on any atom is -0.348 e. The van der Waals surface area contributed by atoms with Crippen molar-refractivity contribution in [3.8, 4) is 0 Å². The number of hydrogen-bond acceptors (Lipinski definition) is 4. The van der Waals surface area contributed by atoms with E-state index in [1.165, 1.54) is 28.5 Å². The molecule has 0 radical (unpaired) electrons. The molecule has 1 aromatic rings. The normalized spacial score (nSPS) is 18.6. The van der Waals surface area contributed by atoms with Gasteiger partial charge in [-0.25, -0.2) is 4.98 Å². The second-order valence-corrected chi connectivity index (χ2v) is 7.74. The van der Waals surface area contributed by atoms with E-state index in [2.05, 4.69) is 45.0 Å². The Morgan fingerprint density at radius 3 is 2.45 bits per heavy atom. The maximum atomic E-state index is 4.96. The molecule has 1 aliphatic carbocycles. The van der Waals surface area contributed by atoms with Crippen LogP contribution in [-0.2, 0) is 6.42 Å². The number of aromatic nitrogens is 1. The largest absolute Gasteiger partial charge is 0.348 e. The molecule has 20 heavy (non-hydrogen) atoms. The van der Waals surface area contributed by atoms with Gasteiger partial charge < -0.3 is 10.2 Å². The molecule has 1 N–H and O–H groups in total. The van der Waals surface area contributed by atoms with Crippen LogP contribution in [0.25, 0.3) is 0 Å². The number of anilines is 1. The summed E-state index contributed by atoms with van der Waals surface area (Å²) in [7, 11) is 2.07.